The van der Waals surface area contributed by atoms with E-state index in [1.165, 1.54) is 17.0 Å². The van der Waals surface area contributed by atoms with E-state index in [0.29, 0.717) is 19.6 Å². The predicted molar refractivity (Wildman–Crippen MR) is 70.3 cm³/mol. The molecule has 0 saturated carbocycles. The largest absolute Gasteiger partial charge is 0.466 e. The average molecular weight is 250 g/mol. The maximum Gasteiger partial charge on any atom is 0.307 e. The molecule has 0 amide bonds. The number of hydrogen-bond donors (Lipinski definition) is 1. The summed E-state index contributed by atoms with van der Waals surface area (Å²) >= 11 is 0. The topological polar surface area (TPSA) is 57.2 Å². The third-order valence-electron chi connectivity index (χ3n) is 3.62. The summed E-state index contributed by atoms with van der Waals surface area (Å²) in [6.07, 6.45) is 3.70. The third kappa shape index (κ3) is 2.58. The van der Waals surface area contributed by atoms with Crippen molar-refractivity contribution in [3.8, 4) is 0 Å². The second-order valence-corrected chi connectivity index (χ2v) is 4.89. The summed E-state index contributed by atoms with van der Waals surface area (Å²) in [5.74, 6) is -0.126. The average Bonchev–Trinajstić information content (AvgIpc) is 2.65. The lowest BCUT2D eigenvalue weighted by atomic mass is 9.93. The first kappa shape index (κ1) is 13.1. The first-order valence-electron chi connectivity index (χ1n) is 6.73. The van der Waals surface area contributed by atoms with Gasteiger partial charge in [0.05, 0.1) is 13.0 Å². The molecule has 1 aromatic heterocycles. The molecule has 0 radical (unpaired) electrons. The summed E-state index contributed by atoms with van der Waals surface area (Å²) in [7, 11) is 0. The van der Waals surface area contributed by atoms with Crippen molar-refractivity contribution in [2.45, 2.75) is 52.1 Å². The van der Waals surface area contributed by atoms with Gasteiger partial charge in [0.1, 0.15) is 0 Å². The minimum absolute atomic E-state index is 0.126. The monoisotopic (exact) mass is 250 g/mol. The number of carbonyl (C=O) groups is 1. The highest BCUT2D eigenvalue weighted by molar-refractivity contribution is 5.69. The Morgan fingerprint density at radius 3 is 3.11 bits per heavy atom. The molecule has 0 aliphatic heterocycles. The van der Waals surface area contributed by atoms with E-state index in [1.807, 2.05) is 6.92 Å². The van der Waals surface area contributed by atoms with Crippen LogP contribution in [-0.2, 0) is 22.5 Å². The molecule has 1 unspecified atom stereocenters. The van der Waals surface area contributed by atoms with Gasteiger partial charge in [-0.1, -0.05) is 0 Å². The number of ether oxygens (including phenoxy) is 1. The molecule has 100 valence electrons. The lowest BCUT2D eigenvalue weighted by Gasteiger charge is -2.21. The standard InChI is InChI=1S/C14H22N2O2/c1-3-18-14(17)7-8-16-10(2)9-11-12(15)5-4-6-13(11)16/h9,12H,3-8,15H2,1-2H3. The highest BCUT2D eigenvalue weighted by Gasteiger charge is 2.22. The van der Waals surface area contributed by atoms with Crippen LogP contribution in [0.3, 0.4) is 0 Å². The van der Waals surface area contributed by atoms with Crippen LogP contribution in [0.4, 0.5) is 0 Å². The van der Waals surface area contributed by atoms with Gasteiger partial charge in [0.25, 0.3) is 0 Å². The highest BCUT2D eigenvalue weighted by atomic mass is 16.5. The maximum atomic E-state index is 11.4. The van der Waals surface area contributed by atoms with Gasteiger partial charge in [0, 0.05) is 24.0 Å². The number of nitrogens with zero attached hydrogens (tertiary/aromatic N) is 1. The summed E-state index contributed by atoms with van der Waals surface area (Å²) in [5.41, 5.74) is 9.90. The van der Waals surface area contributed by atoms with Gasteiger partial charge < -0.3 is 15.0 Å². The summed E-state index contributed by atoms with van der Waals surface area (Å²) in [5, 5.41) is 0. The molecule has 1 aromatic rings. The molecule has 2 N–H and O–H groups in total. The molecule has 1 atom stereocenters. The SMILES string of the molecule is CCOC(=O)CCn1c(C)cc2c1CCCC2N. The number of rotatable bonds is 4. The first-order valence-corrected chi connectivity index (χ1v) is 6.73. The zero-order chi connectivity index (χ0) is 13.1. The number of esters is 1. The summed E-state index contributed by atoms with van der Waals surface area (Å²) < 4.78 is 7.20. The minimum Gasteiger partial charge on any atom is -0.466 e. The number of fused-ring (bicyclic) bond motifs is 1. The van der Waals surface area contributed by atoms with Gasteiger partial charge in [0.2, 0.25) is 0 Å². The molecule has 1 aliphatic carbocycles. The lowest BCUT2D eigenvalue weighted by Crippen LogP contribution is -2.19. The van der Waals surface area contributed by atoms with E-state index in [-0.39, 0.29) is 12.0 Å². The van der Waals surface area contributed by atoms with Crippen molar-refractivity contribution in [2.24, 2.45) is 5.73 Å². The Labute approximate surface area is 108 Å². The number of aryl methyl sites for hydroxylation is 1. The second kappa shape index (κ2) is 5.57. The summed E-state index contributed by atoms with van der Waals surface area (Å²) in [6.45, 7) is 5.06. The van der Waals surface area contributed by atoms with E-state index in [1.54, 1.807) is 0 Å². The molecule has 0 aromatic carbocycles. The van der Waals surface area contributed by atoms with Gasteiger partial charge in [-0.3, -0.25) is 4.79 Å². The van der Waals surface area contributed by atoms with Crippen LogP contribution in [0.1, 0.15) is 49.2 Å². The number of aromatic nitrogens is 1. The Balaban J connectivity index is 2.11. The van der Waals surface area contributed by atoms with E-state index in [9.17, 15) is 4.79 Å². The van der Waals surface area contributed by atoms with Gasteiger partial charge in [0.15, 0.2) is 0 Å². The molecule has 4 nitrogen and oxygen atoms in total. The van der Waals surface area contributed by atoms with E-state index in [2.05, 4.69) is 17.6 Å². The van der Waals surface area contributed by atoms with Crippen LogP contribution >= 0.6 is 0 Å². The van der Waals surface area contributed by atoms with Crippen LogP contribution in [0.25, 0.3) is 0 Å². The molecule has 2 rings (SSSR count). The van der Waals surface area contributed by atoms with Crippen LogP contribution in [-0.4, -0.2) is 17.1 Å². The Bertz CT molecular complexity index is 437. The van der Waals surface area contributed by atoms with Crippen molar-refractivity contribution >= 4 is 5.97 Å². The van der Waals surface area contributed by atoms with Crippen molar-refractivity contribution in [1.29, 1.82) is 0 Å². The molecule has 18 heavy (non-hydrogen) atoms. The van der Waals surface area contributed by atoms with Crippen LogP contribution < -0.4 is 5.73 Å². The summed E-state index contributed by atoms with van der Waals surface area (Å²) in [4.78, 5) is 11.4. The van der Waals surface area contributed by atoms with Gasteiger partial charge >= 0.3 is 5.97 Å². The fourth-order valence-corrected chi connectivity index (χ4v) is 2.75. The van der Waals surface area contributed by atoms with E-state index < -0.39 is 0 Å². The second-order valence-electron chi connectivity index (χ2n) is 4.89. The van der Waals surface area contributed by atoms with Crippen molar-refractivity contribution in [3.63, 3.8) is 0 Å². The van der Waals surface area contributed by atoms with Gasteiger partial charge in [-0.25, -0.2) is 0 Å². The fraction of sp³-hybridized carbons (Fsp3) is 0.643. The van der Waals surface area contributed by atoms with Crippen molar-refractivity contribution < 1.29 is 9.53 Å². The smallest absolute Gasteiger partial charge is 0.307 e. The van der Waals surface area contributed by atoms with Gasteiger partial charge in [-0.05, 0) is 44.7 Å². The van der Waals surface area contributed by atoms with E-state index in [4.69, 9.17) is 10.5 Å². The molecule has 0 bridgehead atoms. The van der Waals surface area contributed by atoms with E-state index >= 15 is 0 Å². The number of hydrogen-bond acceptors (Lipinski definition) is 3. The zero-order valence-corrected chi connectivity index (χ0v) is 11.2. The molecule has 4 heteroatoms. The van der Waals surface area contributed by atoms with Crippen molar-refractivity contribution in [3.05, 3.63) is 23.0 Å². The molecule has 0 fully saturated rings. The van der Waals surface area contributed by atoms with E-state index in [0.717, 1.165) is 19.3 Å². The molecular formula is C14H22N2O2. The Morgan fingerprint density at radius 1 is 1.61 bits per heavy atom. The number of nitrogens with two attached hydrogens (primary N) is 1. The molecule has 1 aliphatic rings. The van der Waals surface area contributed by atoms with Gasteiger partial charge in [-0.15, -0.1) is 0 Å². The Morgan fingerprint density at radius 2 is 2.39 bits per heavy atom. The summed E-state index contributed by atoms with van der Waals surface area (Å²) in [6, 6.07) is 2.33. The van der Waals surface area contributed by atoms with Crippen LogP contribution in [0.15, 0.2) is 6.07 Å². The maximum absolute atomic E-state index is 11.4. The molecule has 1 heterocycles. The normalized spacial score (nSPS) is 18.5. The highest BCUT2D eigenvalue weighted by Crippen LogP contribution is 2.30. The van der Waals surface area contributed by atoms with Crippen molar-refractivity contribution in [1.82, 2.24) is 4.57 Å². The lowest BCUT2D eigenvalue weighted by molar-refractivity contribution is -0.143. The fourth-order valence-electron chi connectivity index (χ4n) is 2.75. The molecular weight excluding hydrogens is 228 g/mol. The van der Waals surface area contributed by atoms with Gasteiger partial charge in [-0.2, -0.15) is 0 Å². The van der Waals surface area contributed by atoms with Crippen molar-refractivity contribution in [2.75, 3.05) is 6.61 Å². The first-order chi connectivity index (χ1) is 8.63. The van der Waals surface area contributed by atoms with Crippen LogP contribution in [0.5, 0.6) is 0 Å². The zero-order valence-electron chi connectivity index (χ0n) is 11.2. The third-order valence-corrected chi connectivity index (χ3v) is 3.62. The minimum atomic E-state index is -0.126. The van der Waals surface area contributed by atoms with Crippen LogP contribution in [0, 0.1) is 6.92 Å². The van der Waals surface area contributed by atoms with Crippen LogP contribution in [0.2, 0.25) is 0 Å². The molecule has 0 spiro atoms. The molecule has 0 saturated heterocycles. The Hall–Kier alpha value is -1.29. The predicted octanol–water partition coefficient (Wildman–Crippen LogP) is 2.09. The quantitative estimate of drug-likeness (QED) is 0.832. The number of carbonyl (C=O) groups excluding carboxylic acids is 1. The Kier molecular flexibility index (Phi) is 4.07.